The van der Waals surface area contributed by atoms with Crippen molar-refractivity contribution in [1.82, 2.24) is 14.7 Å². The molecule has 0 aromatic carbocycles. The second-order valence-corrected chi connectivity index (χ2v) is 4.90. The van der Waals surface area contributed by atoms with E-state index in [4.69, 9.17) is 0 Å². The molecule has 1 N–H and O–H groups in total. The van der Waals surface area contributed by atoms with Crippen LogP contribution in [-0.2, 0) is 7.05 Å². The van der Waals surface area contributed by atoms with Crippen molar-refractivity contribution in [3.05, 3.63) is 21.0 Å². The van der Waals surface area contributed by atoms with Crippen molar-refractivity contribution in [3.8, 4) is 0 Å². The topological polar surface area (TPSA) is 50.2 Å². The van der Waals surface area contributed by atoms with Crippen LogP contribution in [0.4, 0.5) is 5.69 Å². The average Bonchev–Trinajstić information content (AvgIpc) is 2.18. The lowest BCUT2D eigenvalue weighted by molar-refractivity contribution is 0.392. The summed E-state index contributed by atoms with van der Waals surface area (Å²) in [4.78, 5) is 13.7. The number of hydrogen-bond donors (Lipinski definition) is 1. The molecule has 5 nitrogen and oxygen atoms in total. The highest BCUT2D eigenvalue weighted by molar-refractivity contribution is 9.10. The number of likely N-dealkylation sites (N-methyl/N-ethyl adjacent to an activating group) is 1. The van der Waals surface area contributed by atoms with E-state index in [1.54, 1.807) is 13.2 Å². The van der Waals surface area contributed by atoms with Gasteiger partial charge in [-0.2, -0.15) is 5.10 Å². The maximum Gasteiger partial charge on any atom is 0.282 e. The molecule has 0 saturated carbocycles. The fourth-order valence-corrected chi connectivity index (χ4v) is 1.94. The molecule has 0 aliphatic heterocycles. The minimum Gasteiger partial charge on any atom is -0.379 e. The first-order valence-corrected chi connectivity index (χ1v) is 5.84. The van der Waals surface area contributed by atoms with E-state index in [2.05, 4.69) is 38.2 Å². The van der Waals surface area contributed by atoms with E-state index in [9.17, 15) is 4.79 Å². The molecule has 0 fully saturated rings. The van der Waals surface area contributed by atoms with E-state index in [1.165, 1.54) is 4.68 Å². The molecule has 0 bridgehead atoms. The molecular formula is C10H17BrN4O. The average molecular weight is 289 g/mol. The lowest BCUT2D eigenvalue weighted by Gasteiger charge is -2.19. The molecule has 0 aliphatic rings. The van der Waals surface area contributed by atoms with E-state index in [1.807, 2.05) is 14.1 Å². The van der Waals surface area contributed by atoms with Crippen molar-refractivity contribution < 1.29 is 0 Å². The van der Waals surface area contributed by atoms with E-state index in [0.29, 0.717) is 4.47 Å². The summed E-state index contributed by atoms with van der Waals surface area (Å²) in [7, 11) is 5.64. The van der Waals surface area contributed by atoms with Crippen molar-refractivity contribution in [2.75, 3.05) is 26.0 Å². The number of aryl methyl sites for hydroxylation is 1. The van der Waals surface area contributed by atoms with Gasteiger partial charge in [-0.3, -0.25) is 4.79 Å². The summed E-state index contributed by atoms with van der Waals surface area (Å²) >= 11 is 3.28. The van der Waals surface area contributed by atoms with Crippen LogP contribution in [0.25, 0.3) is 0 Å². The maximum absolute atomic E-state index is 11.6. The zero-order valence-electron chi connectivity index (χ0n) is 9.99. The van der Waals surface area contributed by atoms with Crippen molar-refractivity contribution in [2.24, 2.45) is 7.05 Å². The van der Waals surface area contributed by atoms with Crippen LogP contribution in [0.5, 0.6) is 0 Å². The Kier molecular flexibility index (Phi) is 4.49. The van der Waals surface area contributed by atoms with Crippen LogP contribution in [0.1, 0.15) is 6.92 Å². The zero-order valence-corrected chi connectivity index (χ0v) is 11.6. The number of nitrogens with one attached hydrogen (secondary N) is 1. The smallest absolute Gasteiger partial charge is 0.282 e. The van der Waals surface area contributed by atoms with Gasteiger partial charge >= 0.3 is 0 Å². The van der Waals surface area contributed by atoms with Gasteiger partial charge in [0.1, 0.15) is 4.47 Å². The van der Waals surface area contributed by atoms with Gasteiger partial charge in [-0.05, 0) is 36.9 Å². The van der Waals surface area contributed by atoms with Crippen molar-refractivity contribution >= 4 is 21.6 Å². The predicted octanol–water partition coefficient (Wildman–Crippen LogP) is 0.905. The Morgan fingerprint density at radius 1 is 1.62 bits per heavy atom. The molecule has 16 heavy (non-hydrogen) atoms. The summed E-state index contributed by atoms with van der Waals surface area (Å²) in [5.74, 6) is 0. The summed E-state index contributed by atoms with van der Waals surface area (Å²) in [6.07, 6.45) is 1.65. The number of hydrogen-bond acceptors (Lipinski definition) is 4. The lowest BCUT2D eigenvalue weighted by atomic mass is 10.3. The van der Waals surface area contributed by atoms with Gasteiger partial charge < -0.3 is 10.2 Å². The van der Waals surface area contributed by atoms with Gasteiger partial charge in [-0.25, -0.2) is 4.68 Å². The van der Waals surface area contributed by atoms with Gasteiger partial charge in [0.15, 0.2) is 0 Å². The van der Waals surface area contributed by atoms with Crippen LogP contribution < -0.4 is 10.9 Å². The number of halogens is 1. The fraction of sp³-hybridized carbons (Fsp3) is 0.600. The molecule has 1 unspecified atom stereocenters. The van der Waals surface area contributed by atoms with Crippen LogP contribution in [0.3, 0.4) is 0 Å². The second-order valence-electron chi connectivity index (χ2n) is 4.11. The van der Waals surface area contributed by atoms with E-state index < -0.39 is 0 Å². The Morgan fingerprint density at radius 2 is 2.25 bits per heavy atom. The predicted molar refractivity (Wildman–Crippen MR) is 68.8 cm³/mol. The molecule has 1 atom stereocenters. The number of nitrogens with zero attached hydrogens (tertiary/aromatic N) is 3. The summed E-state index contributed by atoms with van der Waals surface area (Å²) in [5, 5.41) is 7.21. The minimum absolute atomic E-state index is 0.137. The molecule has 90 valence electrons. The normalized spacial score (nSPS) is 12.9. The fourth-order valence-electron chi connectivity index (χ4n) is 1.47. The molecule has 6 heteroatoms. The molecule has 0 spiro atoms. The van der Waals surface area contributed by atoms with Gasteiger partial charge in [0.05, 0.1) is 11.9 Å². The van der Waals surface area contributed by atoms with Crippen molar-refractivity contribution in [1.29, 1.82) is 0 Å². The third-order valence-electron chi connectivity index (χ3n) is 2.12. The number of rotatable bonds is 4. The molecule has 0 amide bonds. The third kappa shape index (κ3) is 3.31. The zero-order chi connectivity index (χ0) is 12.3. The van der Waals surface area contributed by atoms with Crippen molar-refractivity contribution in [2.45, 2.75) is 13.0 Å². The van der Waals surface area contributed by atoms with Gasteiger partial charge in [-0.1, -0.05) is 0 Å². The maximum atomic E-state index is 11.6. The monoisotopic (exact) mass is 288 g/mol. The SMILES string of the molecule is CC(CN(C)C)Nc1cnn(C)c(=O)c1Br. The molecular weight excluding hydrogens is 272 g/mol. The molecule has 1 heterocycles. The van der Waals surface area contributed by atoms with E-state index >= 15 is 0 Å². The summed E-state index contributed by atoms with van der Waals surface area (Å²) in [6.45, 7) is 2.95. The third-order valence-corrected chi connectivity index (χ3v) is 2.89. The first-order chi connectivity index (χ1) is 7.41. The lowest BCUT2D eigenvalue weighted by Crippen LogP contribution is -2.31. The quantitative estimate of drug-likeness (QED) is 0.895. The molecule has 0 aliphatic carbocycles. The largest absolute Gasteiger partial charge is 0.379 e. The standard InChI is InChI=1S/C10H17BrN4O/c1-7(6-14(2)3)13-8-5-12-15(4)10(16)9(8)11/h5,7,13H,6H2,1-4H3. The van der Waals surface area contributed by atoms with Gasteiger partial charge in [-0.15, -0.1) is 0 Å². The van der Waals surface area contributed by atoms with Crippen LogP contribution >= 0.6 is 15.9 Å². The van der Waals surface area contributed by atoms with E-state index in [-0.39, 0.29) is 11.6 Å². The molecule has 0 radical (unpaired) electrons. The first-order valence-electron chi connectivity index (χ1n) is 5.05. The molecule has 0 saturated heterocycles. The van der Waals surface area contributed by atoms with Crippen molar-refractivity contribution in [3.63, 3.8) is 0 Å². The minimum atomic E-state index is -0.137. The van der Waals surface area contributed by atoms with E-state index in [0.717, 1.165) is 12.2 Å². The number of anilines is 1. The first kappa shape index (κ1) is 13.2. The Labute approximate surface area is 104 Å². The Morgan fingerprint density at radius 3 is 2.81 bits per heavy atom. The van der Waals surface area contributed by atoms with Crippen LogP contribution in [0, 0.1) is 0 Å². The molecule has 1 rings (SSSR count). The molecule has 1 aromatic heterocycles. The Balaban J connectivity index is 2.82. The van der Waals surface area contributed by atoms with Gasteiger partial charge in [0.2, 0.25) is 0 Å². The number of aromatic nitrogens is 2. The highest BCUT2D eigenvalue weighted by atomic mass is 79.9. The summed E-state index contributed by atoms with van der Waals surface area (Å²) < 4.78 is 1.82. The van der Waals surface area contributed by atoms with Crippen LogP contribution in [0.15, 0.2) is 15.5 Å². The van der Waals surface area contributed by atoms with Gasteiger partial charge in [0.25, 0.3) is 5.56 Å². The van der Waals surface area contributed by atoms with Crippen LogP contribution in [-0.4, -0.2) is 41.4 Å². The van der Waals surface area contributed by atoms with Crippen LogP contribution in [0.2, 0.25) is 0 Å². The second kappa shape index (κ2) is 5.45. The molecule has 1 aromatic rings. The highest BCUT2D eigenvalue weighted by Crippen LogP contribution is 2.16. The summed E-state index contributed by atoms with van der Waals surface area (Å²) in [5.41, 5.74) is 0.597. The van der Waals surface area contributed by atoms with Gasteiger partial charge in [0, 0.05) is 19.6 Å². The highest BCUT2D eigenvalue weighted by Gasteiger charge is 2.09. The summed E-state index contributed by atoms with van der Waals surface area (Å²) in [6, 6.07) is 0.250. The Hall–Kier alpha value is -0.880. The Bertz CT molecular complexity index is 416.